The Labute approximate surface area is 223 Å². The summed E-state index contributed by atoms with van der Waals surface area (Å²) in [6, 6.07) is 14.4. The number of amides is 3. The lowest BCUT2D eigenvalue weighted by Crippen LogP contribution is -2.53. The molecule has 3 N–H and O–H groups in total. The molecule has 2 aliphatic heterocycles. The number of hydrogen-bond donors (Lipinski definition) is 3. The van der Waals surface area contributed by atoms with Crippen molar-refractivity contribution in [2.75, 3.05) is 51.3 Å². The zero-order valence-electron chi connectivity index (χ0n) is 21.8. The molecule has 0 aromatic heterocycles. The van der Waals surface area contributed by atoms with E-state index in [0.29, 0.717) is 49.7 Å². The van der Waals surface area contributed by atoms with Crippen molar-refractivity contribution in [1.29, 1.82) is 0 Å². The molecule has 2 aromatic rings. The van der Waals surface area contributed by atoms with Crippen molar-refractivity contribution in [2.45, 2.75) is 26.2 Å². The predicted octanol–water partition coefficient (Wildman–Crippen LogP) is 2.99. The van der Waals surface area contributed by atoms with Crippen LogP contribution in [0, 0.1) is 5.41 Å². The van der Waals surface area contributed by atoms with Gasteiger partial charge in [0.05, 0.1) is 24.1 Å². The molecule has 2 heterocycles. The summed E-state index contributed by atoms with van der Waals surface area (Å²) < 4.78 is 11.3. The van der Waals surface area contributed by atoms with Gasteiger partial charge in [-0.3, -0.25) is 19.3 Å². The Morgan fingerprint density at radius 2 is 1.87 bits per heavy atom. The second kappa shape index (κ2) is 13.1. The van der Waals surface area contributed by atoms with Gasteiger partial charge < -0.3 is 25.4 Å². The van der Waals surface area contributed by atoms with Gasteiger partial charge in [0.25, 0.3) is 5.91 Å². The van der Waals surface area contributed by atoms with Crippen molar-refractivity contribution in [3.8, 4) is 11.5 Å². The van der Waals surface area contributed by atoms with E-state index in [1.165, 1.54) is 0 Å². The van der Waals surface area contributed by atoms with Crippen molar-refractivity contribution in [3.63, 3.8) is 0 Å². The second-order valence-corrected chi connectivity index (χ2v) is 9.59. The molecule has 4 rings (SSSR count). The number of benzene rings is 2. The van der Waals surface area contributed by atoms with Crippen molar-refractivity contribution in [2.24, 2.45) is 5.41 Å². The number of likely N-dealkylation sites (tertiary alicyclic amines) is 1. The summed E-state index contributed by atoms with van der Waals surface area (Å²) >= 11 is 0. The Balaban J connectivity index is 1.40. The Morgan fingerprint density at radius 1 is 1.08 bits per heavy atom. The standard InChI is InChI=1S/C29H36N4O5/c1-2-37-23-12-10-22(11-13-23)32-26(34)20-33-18-7-15-29(21-33)14-5-6-19-38-25-9-4-3-8-24(25)27(35)30-16-17-31-28(29)36/h3-6,8-13H,2,7,14-21H2,1H3,(H,30,35)(H,31,36)(H,32,34)/b6-5-. The second-order valence-electron chi connectivity index (χ2n) is 9.59. The molecule has 2 aliphatic rings. The first-order chi connectivity index (χ1) is 18.5. The number of ether oxygens (including phenoxy) is 2. The Bertz CT molecular complexity index is 1150. The summed E-state index contributed by atoms with van der Waals surface area (Å²) in [4.78, 5) is 40.9. The van der Waals surface area contributed by atoms with Gasteiger partial charge >= 0.3 is 0 Å². The minimum atomic E-state index is -0.666. The van der Waals surface area contributed by atoms with Gasteiger partial charge in [-0.1, -0.05) is 24.3 Å². The molecule has 1 spiro atoms. The first-order valence-corrected chi connectivity index (χ1v) is 13.2. The highest BCUT2D eigenvalue weighted by Gasteiger charge is 2.41. The summed E-state index contributed by atoms with van der Waals surface area (Å²) in [6.07, 6.45) is 5.91. The lowest BCUT2D eigenvalue weighted by Gasteiger charge is -2.41. The van der Waals surface area contributed by atoms with Crippen LogP contribution in [-0.4, -0.2) is 68.6 Å². The van der Waals surface area contributed by atoms with Crippen LogP contribution >= 0.6 is 0 Å². The predicted molar refractivity (Wildman–Crippen MR) is 145 cm³/mol. The molecule has 1 atom stereocenters. The fourth-order valence-electron chi connectivity index (χ4n) is 4.94. The average molecular weight is 521 g/mol. The molecule has 1 unspecified atom stereocenters. The third-order valence-electron chi connectivity index (χ3n) is 6.79. The van der Waals surface area contributed by atoms with Gasteiger partial charge in [0, 0.05) is 25.3 Å². The largest absolute Gasteiger partial charge is 0.494 e. The van der Waals surface area contributed by atoms with E-state index in [-0.39, 0.29) is 30.9 Å². The summed E-state index contributed by atoms with van der Waals surface area (Å²) in [5.74, 6) is 0.843. The van der Waals surface area contributed by atoms with Gasteiger partial charge in [-0.15, -0.1) is 0 Å². The Kier molecular flexibility index (Phi) is 9.37. The summed E-state index contributed by atoms with van der Waals surface area (Å²) in [6.45, 7) is 4.82. The fourth-order valence-corrected chi connectivity index (χ4v) is 4.94. The van der Waals surface area contributed by atoms with Crippen LogP contribution in [0.1, 0.15) is 36.5 Å². The number of piperidine rings is 1. The van der Waals surface area contributed by atoms with Gasteiger partial charge in [0.1, 0.15) is 18.1 Å². The minimum absolute atomic E-state index is 0.0635. The van der Waals surface area contributed by atoms with Gasteiger partial charge in [-0.05, 0) is 69.1 Å². The smallest absolute Gasteiger partial charge is 0.255 e. The summed E-state index contributed by atoms with van der Waals surface area (Å²) in [5, 5.41) is 8.80. The number of nitrogens with zero attached hydrogens (tertiary/aromatic N) is 1. The molecule has 0 saturated carbocycles. The molecule has 0 radical (unpaired) electrons. The maximum Gasteiger partial charge on any atom is 0.255 e. The lowest BCUT2D eigenvalue weighted by atomic mass is 9.76. The maximum atomic E-state index is 13.4. The van der Waals surface area contributed by atoms with E-state index >= 15 is 0 Å². The number of rotatable bonds is 5. The van der Waals surface area contributed by atoms with Gasteiger partial charge in [-0.2, -0.15) is 0 Å². The van der Waals surface area contributed by atoms with E-state index in [2.05, 4.69) is 16.0 Å². The molecule has 9 heteroatoms. The van der Waals surface area contributed by atoms with Crippen molar-refractivity contribution in [3.05, 3.63) is 66.2 Å². The number of allylic oxidation sites excluding steroid dienone is 1. The van der Waals surface area contributed by atoms with Gasteiger partial charge in [-0.25, -0.2) is 0 Å². The van der Waals surface area contributed by atoms with Crippen LogP contribution in [0.3, 0.4) is 0 Å². The number of nitrogens with one attached hydrogen (secondary N) is 3. The van der Waals surface area contributed by atoms with Crippen LogP contribution in [0.25, 0.3) is 0 Å². The van der Waals surface area contributed by atoms with Crippen molar-refractivity contribution in [1.82, 2.24) is 15.5 Å². The van der Waals surface area contributed by atoms with E-state index in [1.807, 2.05) is 54.3 Å². The topological polar surface area (TPSA) is 109 Å². The zero-order chi connectivity index (χ0) is 26.8. The molecule has 2 aromatic carbocycles. The third kappa shape index (κ3) is 7.13. The number of fused-ring (bicyclic) bond motifs is 1. The van der Waals surface area contributed by atoms with Crippen LogP contribution in [0.2, 0.25) is 0 Å². The molecule has 202 valence electrons. The van der Waals surface area contributed by atoms with E-state index in [0.717, 1.165) is 25.1 Å². The molecule has 0 aliphatic carbocycles. The highest BCUT2D eigenvalue weighted by Crippen LogP contribution is 2.34. The van der Waals surface area contributed by atoms with Crippen LogP contribution in [0.5, 0.6) is 11.5 Å². The average Bonchev–Trinajstić information content (AvgIpc) is 2.92. The van der Waals surface area contributed by atoms with Crippen molar-refractivity contribution < 1.29 is 23.9 Å². The monoisotopic (exact) mass is 520 g/mol. The molecule has 1 saturated heterocycles. The quantitative estimate of drug-likeness (QED) is 0.523. The summed E-state index contributed by atoms with van der Waals surface area (Å²) in [7, 11) is 0. The number of carbonyl (C=O) groups excluding carboxylic acids is 3. The Morgan fingerprint density at radius 3 is 2.68 bits per heavy atom. The number of carbonyl (C=O) groups is 3. The highest BCUT2D eigenvalue weighted by atomic mass is 16.5. The van der Waals surface area contributed by atoms with Crippen LogP contribution in [0.15, 0.2) is 60.7 Å². The molecule has 9 nitrogen and oxygen atoms in total. The summed E-state index contributed by atoms with van der Waals surface area (Å²) in [5.41, 5.74) is 0.500. The molecule has 0 bridgehead atoms. The SMILES string of the molecule is CCOc1ccc(NC(=O)CN2CCCC3(C/C=C\COc4ccccc4C(=O)NCCNC3=O)C2)cc1. The normalized spacial score (nSPS) is 21.7. The van der Waals surface area contributed by atoms with E-state index in [4.69, 9.17) is 9.47 Å². The van der Waals surface area contributed by atoms with Gasteiger partial charge in [0.2, 0.25) is 11.8 Å². The molecule has 1 fully saturated rings. The first kappa shape index (κ1) is 27.2. The maximum absolute atomic E-state index is 13.4. The third-order valence-corrected chi connectivity index (χ3v) is 6.79. The molecule has 3 amide bonds. The number of hydrogen-bond acceptors (Lipinski definition) is 6. The van der Waals surface area contributed by atoms with Crippen LogP contribution in [0.4, 0.5) is 5.69 Å². The zero-order valence-corrected chi connectivity index (χ0v) is 21.8. The van der Waals surface area contributed by atoms with E-state index < -0.39 is 5.41 Å². The van der Waals surface area contributed by atoms with E-state index in [9.17, 15) is 14.4 Å². The van der Waals surface area contributed by atoms with Gasteiger partial charge in [0.15, 0.2) is 0 Å². The number of para-hydroxylation sites is 1. The first-order valence-electron chi connectivity index (χ1n) is 13.2. The van der Waals surface area contributed by atoms with Crippen molar-refractivity contribution >= 4 is 23.4 Å². The molecular weight excluding hydrogens is 484 g/mol. The number of anilines is 1. The lowest BCUT2D eigenvalue weighted by molar-refractivity contribution is -0.135. The Hall–Kier alpha value is -3.85. The molecular formula is C29H36N4O5. The highest BCUT2D eigenvalue weighted by molar-refractivity contribution is 5.97. The van der Waals surface area contributed by atoms with Crippen LogP contribution < -0.4 is 25.4 Å². The minimum Gasteiger partial charge on any atom is -0.494 e. The van der Waals surface area contributed by atoms with E-state index in [1.54, 1.807) is 18.2 Å². The van der Waals surface area contributed by atoms with Crippen LogP contribution in [-0.2, 0) is 9.59 Å². The molecule has 38 heavy (non-hydrogen) atoms. The fraction of sp³-hybridized carbons (Fsp3) is 0.414.